The molecule has 0 bridgehead atoms. The molecule has 2 rings (SSSR count). The highest BCUT2D eigenvalue weighted by molar-refractivity contribution is 6.08. The second kappa shape index (κ2) is 7.08. The number of amides is 2. The summed E-state index contributed by atoms with van der Waals surface area (Å²) >= 11 is 0. The van der Waals surface area contributed by atoms with Crippen LogP contribution in [-0.2, 0) is 9.59 Å². The molecule has 2 aromatic rings. The number of benzene rings is 2. The normalized spacial score (nSPS) is 10.9. The topological polar surface area (TPSA) is 78.4 Å². The molecule has 0 spiro atoms. The van der Waals surface area contributed by atoms with Crippen molar-refractivity contribution in [2.75, 3.05) is 5.32 Å². The Labute approximate surface area is 128 Å². The van der Waals surface area contributed by atoms with Crippen LogP contribution < -0.4 is 10.6 Å². The molecular formula is C17H16N2O3. The van der Waals surface area contributed by atoms with E-state index in [1.54, 1.807) is 18.2 Å². The first-order valence-corrected chi connectivity index (χ1v) is 6.69. The van der Waals surface area contributed by atoms with E-state index in [2.05, 4.69) is 10.6 Å². The van der Waals surface area contributed by atoms with Gasteiger partial charge in [-0.2, -0.15) is 0 Å². The molecule has 2 amide bonds. The predicted octanol–water partition coefficient (Wildman–Crippen LogP) is 2.51. The molecule has 0 unspecified atom stereocenters. The molecule has 0 aliphatic carbocycles. The number of phenolic OH excluding ortho intramolecular Hbond substituents is 1. The minimum atomic E-state index is -0.440. The van der Waals surface area contributed by atoms with Crippen LogP contribution in [0, 0.1) is 0 Å². The number of rotatable bonds is 4. The zero-order chi connectivity index (χ0) is 15.9. The van der Waals surface area contributed by atoms with E-state index in [4.69, 9.17) is 0 Å². The number of aromatic hydroxyl groups is 1. The fourth-order valence-electron chi connectivity index (χ4n) is 1.81. The van der Waals surface area contributed by atoms with E-state index >= 15 is 0 Å². The van der Waals surface area contributed by atoms with Gasteiger partial charge in [-0.25, -0.2) is 0 Å². The number of phenols is 1. The van der Waals surface area contributed by atoms with Gasteiger partial charge in [0.2, 0.25) is 5.91 Å². The maximum Gasteiger partial charge on any atom is 0.272 e. The molecule has 0 saturated carbocycles. The smallest absolute Gasteiger partial charge is 0.272 e. The Balaban J connectivity index is 2.21. The van der Waals surface area contributed by atoms with Crippen molar-refractivity contribution in [3.63, 3.8) is 0 Å². The fraction of sp³-hybridized carbons (Fsp3) is 0.0588. The molecule has 0 aromatic heterocycles. The average molecular weight is 296 g/mol. The summed E-state index contributed by atoms with van der Waals surface area (Å²) in [5.41, 5.74) is 1.46. The molecule has 0 fully saturated rings. The number of hydrogen-bond donors (Lipinski definition) is 3. The van der Waals surface area contributed by atoms with E-state index in [0.717, 1.165) is 5.56 Å². The summed E-state index contributed by atoms with van der Waals surface area (Å²) in [6, 6.07) is 15.3. The summed E-state index contributed by atoms with van der Waals surface area (Å²) in [4.78, 5) is 23.6. The van der Waals surface area contributed by atoms with Crippen LogP contribution in [0.3, 0.4) is 0 Å². The minimum absolute atomic E-state index is 0.111. The number of hydrogen-bond acceptors (Lipinski definition) is 3. The second-order valence-corrected chi connectivity index (χ2v) is 4.65. The fourth-order valence-corrected chi connectivity index (χ4v) is 1.81. The highest BCUT2D eigenvalue weighted by Crippen LogP contribution is 2.15. The summed E-state index contributed by atoms with van der Waals surface area (Å²) < 4.78 is 0. The van der Waals surface area contributed by atoms with Crippen molar-refractivity contribution in [1.82, 2.24) is 5.32 Å². The Kier molecular flexibility index (Phi) is 4.93. The lowest BCUT2D eigenvalue weighted by Gasteiger charge is -2.10. The van der Waals surface area contributed by atoms with Crippen LogP contribution >= 0.6 is 0 Å². The van der Waals surface area contributed by atoms with Crippen LogP contribution in [0.2, 0.25) is 0 Å². The van der Waals surface area contributed by atoms with Crippen molar-refractivity contribution in [1.29, 1.82) is 0 Å². The van der Waals surface area contributed by atoms with Crippen molar-refractivity contribution in [2.45, 2.75) is 6.92 Å². The van der Waals surface area contributed by atoms with Gasteiger partial charge in [-0.15, -0.1) is 0 Å². The monoisotopic (exact) mass is 296 g/mol. The third-order valence-corrected chi connectivity index (χ3v) is 2.79. The maximum atomic E-state index is 12.3. The summed E-state index contributed by atoms with van der Waals surface area (Å²) in [7, 11) is 0. The van der Waals surface area contributed by atoms with Crippen molar-refractivity contribution in [3.8, 4) is 5.75 Å². The Morgan fingerprint density at radius 2 is 1.64 bits per heavy atom. The average Bonchev–Trinajstić information content (AvgIpc) is 2.49. The third-order valence-electron chi connectivity index (χ3n) is 2.79. The standard InChI is InChI=1S/C17H16N2O3/c1-12(20)18-16(11-13-5-3-2-4-6-13)17(22)19-14-7-9-15(21)10-8-14/h2-11,21H,1H3,(H,18,20)(H,19,22)/b16-11+. The van der Waals surface area contributed by atoms with Gasteiger partial charge in [0.1, 0.15) is 11.4 Å². The molecule has 0 aliphatic rings. The molecule has 5 heteroatoms. The zero-order valence-electron chi connectivity index (χ0n) is 12.0. The van der Waals surface area contributed by atoms with E-state index in [1.165, 1.54) is 19.1 Å². The van der Waals surface area contributed by atoms with Crippen molar-refractivity contribution in [3.05, 3.63) is 65.9 Å². The molecule has 5 nitrogen and oxygen atoms in total. The van der Waals surface area contributed by atoms with E-state index in [1.807, 2.05) is 30.3 Å². The van der Waals surface area contributed by atoms with Crippen LogP contribution in [0.4, 0.5) is 5.69 Å². The molecular weight excluding hydrogens is 280 g/mol. The van der Waals surface area contributed by atoms with E-state index in [9.17, 15) is 14.7 Å². The summed E-state index contributed by atoms with van der Waals surface area (Å²) in [6.07, 6.45) is 1.59. The van der Waals surface area contributed by atoms with E-state index in [-0.39, 0.29) is 17.4 Å². The molecule has 0 saturated heterocycles. The first-order valence-electron chi connectivity index (χ1n) is 6.69. The Bertz CT molecular complexity index is 692. The largest absolute Gasteiger partial charge is 0.508 e. The molecule has 112 valence electrons. The molecule has 3 N–H and O–H groups in total. The molecule has 0 heterocycles. The van der Waals surface area contributed by atoms with Gasteiger partial charge >= 0.3 is 0 Å². The molecule has 22 heavy (non-hydrogen) atoms. The number of anilines is 1. The minimum Gasteiger partial charge on any atom is -0.508 e. The summed E-state index contributed by atoms with van der Waals surface area (Å²) in [5.74, 6) is -0.660. The second-order valence-electron chi connectivity index (χ2n) is 4.65. The van der Waals surface area contributed by atoms with Gasteiger partial charge in [0.25, 0.3) is 5.91 Å². The number of carbonyl (C=O) groups excluding carboxylic acids is 2. The van der Waals surface area contributed by atoms with Crippen LogP contribution in [0.5, 0.6) is 5.75 Å². The lowest BCUT2D eigenvalue weighted by Crippen LogP contribution is -2.28. The van der Waals surface area contributed by atoms with Crippen molar-refractivity contribution in [2.24, 2.45) is 0 Å². The number of carbonyl (C=O) groups is 2. The maximum absolute atomic E-state index is 12.3. The van der Waals surface area contributed by atoms with Crippen molar-refractivity contribution < 1.29 is 14.7 Å². The van der Waals surface area contributed by atoms with Crippen LogP contribution in [0.25, 0.3) is 6.08 Å². The quantitative estimate of drug-likeness (QED) is 0.599. The van der Waals surface area contributed by atoms with Gasteiger partial charge in [-0.3, -0.25) is 9.59 Å². The number of nitrogens with one attached hydrogen (secondary N) is 2. The van der Waals surface area contributed by atoms with Gasteiger partial charge in [-0.05, 0) is 35.9 Å². The van der Waals surface area contributed by atoms with Crippen LogP contribution in [0.15, 0.2) is 60.3 Å². The van der Waals surface area contributed by atoms with Gasteiger partial charge in [0.05, 0.1) is 0 Å². The van der Waals surface area contributed by atoms with E-state index in [0.29, 0.717) is 5.69 Å². The molecule has 0 radical (unpaired) electrons. The lowest BCUT2D eigenvalue weighted by molar-refractivity contribution is -0.120. The first-order chi connectivity index (χ1) is 10.5. The molecule has 2 aromatic carbocycles. The van der Waals surface area contributed by atoms with Gasteiger partial charge in [0, 0.05) is 12.6 Å². The van der Waals surface area contributed by atoms with Gasteiger partial charge in [-0.1, -0.05) is 30.3 Å². The van der Waals surface area contributed by atoms with Gasteiger partial charge in [0.15, 0.2) is 0 Å². The van der Waals surface area contributed by atoms with Crippen LogP contribution in [-0.4, -0.2) is 16.9 Å². The molecule has 0 aliphatic heterocycles. The molecule has 0 atom stereocenters. The Morgan fingerprint density at radius 1 is 1.00 bits per heavy atom. The third kappa shape index (κ3) is 4.49. The van der Waals surface area contributed by atoms with Crippen molar-refractivity contribution >= 4 is 23.6 Å². The first kappa shape index (κ1) is 15.3. The highest BCUT2D eigenvalue weighted by Gasteiger charge is 2.11. The summed E-state index contributed by atoms with van der Waals surface area (Å²) in [5, 5.41) is 14.4. The Morgan fingerprint density at radius 3 is 2.23 bits per heavy atom. The van der Waals surface area contributed by atoms with E-state index < -0.39 is 5.91 Å². The zero-order valence-corrected chi connectivity index (χ0v) is 12.0. The van der Waals surface area contributed by atoms with Crippen LogP contribution in [0.1, 0.15) is 12.5 Å². The Hall–Kier alpha value is -3.08. The summed E-state index contributed by atoms with van der Waals surface area (Å²) in [6.45, 7) is 1.34. The predicted molar refractivity (Wildman–Crippen MR) is 85.0 cm³/mol. The highest BCUT2D eigenvalue weighted by atomic mass is 16.3. The lowest BCUT2D eigenvalue weighted by atomic mass is 10.2. The SMILES string of the molecule is CC(=O)N/C(=C/c1ccccc1)C(=O)Nc1ccc(O)cc1. The van der Waals surface area contributed by atoms with Gasteiger partial charge < -0.3 is 15.7 Å².